The number of ether oxygens (including phenoxy) is 2. The van der Waals surface area contributed by atoms with Gasteiger partial charge in [-0.3, -0.25) is 14.9 Å². The quantitative estimate of drug-likeness (QED) is 0.586. The second kappa shape index (κ2) is 4.61. The van der Waals surface area contributed by atoms with Gasteiger partial charge in [0, 0.05) is 17.6 Å². The second-order valence-corrected chi connectivity index (χ2v) is 5.86. The first-order valence-corrected chi connectivity index (χ1v) is 7.61. The van der Waals surface area contributed by atoms with Crippen LogP contribution in [0.5, 0.6) is 11.5 Å². The van der Waals surface area contributed by atoms with E-state index in [0.29, 0.717) is 16.9 Å². The third kappa shape index (κ3) is 1.76. The van der Waals surface area contributed by atoms with Crippen LogP contribution in [0.15, 0.2) is 47.4 Å². The van der Waals surface area contributed by atoms with Crippen LogP contribution in [-0.2, 0) is 0 Å². The highest BCUT2D eigenvalue weighted by atomic mass is 16.7. The molecule has 24 heavy (non-hydrogen) atoms. The Morgan fingerprint density at radius 3 is 2.62 bits per heavy atom. The molecule has 6 heteroatoms. The van der Waals surface area contributed by atoms with E-state index >= 15 is 0 Å². The smallest absolute Gasteiger partial charge is 0.280 e. The predicted octanol–water partition coefficient (Wildman–Crippen LogP) is 2.90. The lowest BCUT2D eigenvalue weighted by molar-refractivity contribution is 0.174. The number of rotatable bonds is 1. The van der Waals surface area contributed by atoms with Gasteiger partial charge in [-0.1, -0.05) is 17.7 Å². The molecule has 2 aromatic heterocycles. The van der Waals surface area contributed by atoms with Crippen LogP contribution in [0.3, 0.4) is 0 Å². The van der Waals surface area contributed by atoms with Crippen LogP contribution < -0.4 is 15.0 Å². The van der Waals surface area contributed by atoms with Crippen molar-refractivity contribution in [2.24, 2.45) is 0 Å². The number of hydrogen-bond donors (Lipinski definition) is 1. The number of fused-ring (bicyclic) bond motifs is 4. The van der Waals surface area contributed by atoms with Gasteiger partial charge in [-0.25, -0.2) is 4.68 Å². The zero-order chi connectivity index (χ0) is 16.3. The molecule has 1 aliphatic heterocycles. The van der Waals surface area contributed by atoms with E-state index in [1.807, 2.05) is 43.3 Å². The van der Waals surface area contributed by atoms with Crippen molar-refractivity contribution < 1.29 is 9.47 Å². The van der Waals surface area contributed by atoms with Gasteiger partial charge in [0.2, 0.25) is 6.79 Å². The molecule has 3 heterocycles. The Morgan fingerprint density at radius 1 is 1.08 bits per heavy atom. The highest BCUT2D eigenvalue weighted by molar-refractivity contribution is 6.04. The summed E-state index contributed by atoms with van der Waals surface area (Å²) in [6.45, 7) is 2.22. The number of pyridine rings is 1. The summed E-state index contributed by atoms with van der Waals surface area (Å²) < 4.78 is 12.4. The molecule has 0 saturated carbocycles. The van der Waals surface area contributed by atoms with Gasteiger partial charge in [0.25, 0.3) is 5.56 Å². The summed E-state index contributed by atoms with van der Waals surface area (Å²) in [5.74, 6) is 1.34. The largest absolute Gasteiger partial charge is 0.454 e. The maximum Gasteiger partial charge on any atom is 0.280 e. The van der Waals surface area contributed by atoms with Crippen LogP contribution in [0.1, 0.15) is 5.56 Å². The van der Waals surface area contributed by atoms with Crippen LogP contribution in [0.25, 0.3) is 27.5 Å². The van der Waals surface area contributed by atoms with Crippen molar-refractivity contribution >= 4 is 21.8 Å². The van der Waals surface area contributed by atoms with Crippen molar-refractivity contribution in [2.45, 2.75) is 6.92 Å². The maximum atomic E-state index is 12.7. The first-order valence-electron chi connectivity index (χ1n) is 7.61. The first-order chi connectivity index (χ1) is 11.7. The molecule has 0 unspecified atom stereocenters. The van der Waals surface area contributed by atoms with Gasteiger partial charge in [0.1, 0.15) is 0 Å². The van der Waals surface area contributed by atoms with Gasteiger partial charge in [0.05, 0.1) is 22.1 Å². The van der Waals surface area contributed by atoms with Gasteiger partial charge < -0.3 is 9.47 Å². The predicted molar refractivity (Wildman–Crippen MR) is 90.1 cm³/mol. The van der Waals surface area contributed by atoms with Gasteiger partial charge in [-0.05, 0) is 25.1 Å². The molecule has 0 amide bonds. The van der Waals surface area contributed by atoms with Crippen LogP contribution in [-0.4, -0.2) is 21.6 Å². The fourth-order valence-electron chi connectivity index (χ4n) is 3.02. The van der Waals surface area contributed by atoms with Crippen molar-refractivity contribution in [2.75, 3.05) is 6.79 Å². The molecular formula is C18H13N3O3. The van der Waals surface area contributed by atoms with Gasteiger partial charge in [-0.15, -0.1) is 0 Å². The Labute approximate surface area is 136 Å². The fourth-order valence-corrected chi connectivity index (χ4v) is 3.02. The number of aryl methyl sites for hydroxylation is 1. The molecular weight excluding hydrogens is 306 g/mol. The van der Waals surface area contributed by atoms with Crippen molar-refractivity contribution in [3.63, 3.8) is 0 Å². The van der Waals surface area contributed by atoms with E-state index in [1.54, 1.807) is 6.20 Å². The monoisotopic (exact) mass is 319 g/mol. The van der Waals surface area contributed by atoms with Crippen molar-refractivity contribution in [1.29, 1.82) is 0 Å². The van der Waals surface area contributed by atoms with E-state index in [-0.39, 0.29) is 12.4 Å². The van der Waals surface area contributed by atoms with Crippen molar-refractivity contribution in [3.8, 4) is 17.2 Å². The molecule has 2 aromatic carbocycles. The molecule has 118 valence electrons. The number of aromatic nitrogens is 3. The van der Waals surface area contributed by atoms with E-state index < -0.39 is 0 Å². The standard InChI is InChI=1S/C18H13N3O3/c1-10-2-4-11(5-3-10)21-18(22)13-8-19-14-7-16-15(23-9-24-16)6-12(14)17(13)20-21/h2-8,20H,9H2,1H3. The summed E-state index contributed by atoms with van der Waals surface area (Å²) in [7, 11) is 0. The lowest BCUT2D eigenvalue weighted by atomic mass is 10.1. The number of nitrogens with one attached hydrogen (secondary N) is 1. The van der Waals surface area contributed by atoms with Gasteiger partial charge >= 0.3 is 0 Å². The minimum atomic E-state index is -0.124. The minimum Gasteiger partial charge on any atom is -0.454 e. The molecule has 1 aliphatic rings. The molecule has 0 radical (unpaired) electrons. The Kier molecular flexibility index (Phi) is 2.53. The van der Waals surface area contributed by atoms with E-state index in [2.05, 4.69) is 10.1 Å². The van der Waals surface area contributed by atoms with Gasteiger partial charge in [-0.2, -0.15) is 0 Å². The third-order valence-electron chi connectivity index (χ3n) is 4.31. The van der Waals surface area contributed by atoms with Crippen molar-refractivity contribution in [3.05, 3.63) is 58.5 Å². The zero-order valence-corrected chi connectivity index (χ0v) is 12.9. The summed E-state index contributed by atoms with van der Waals surface area (Å²) in [6.07, 6.45) is 1.60. The molecule has 1 N–H and O–H groups in total. The molecule has 0 bridgehead atoms. The van der Waals surface area contributed by atoms with Crippen LogP contribution in [0.2, 0.25) is 0 Å². The van der Waals surface area contributed by atoms with E-state index in [4.69, 9.17) is 9.47 Å². The van der Waals surface area contributed by atoms with Gasteiger partial charge in [0.15, 0.2) is 11.5 Å². The Hall–Kier alpha value is -3.28. The molecule has 5 rings (SSSR count). The Bertz CT molecular complexity index is 1160. The van der Waals surface area contributed by atoms with E-state index in [0.717, 1.165) is 27.7 Å². The summed E-state index contributed by atoms with van der Waals surface area (Å²) in [6, 6.07) is 11.5. The topological polar surface area (TPSA) is 69.1 Å². The average Bonchev–Trinajstić information content (AvgIpc) is 3.18. The number of H-pyrrole nitrogens is 1. The van der Waals surface area contributed by atoms with Crippen LogP contribution >= 0.6 is 0 Å². The van der Waals surface area contributed by atoms with E-state index in [1.165, 1.54) is 4.68 Å². The Morgan fingerprint density at radius 2 is 1.83 bits per heavy atom. The number of benzene rings is 2. The minimum absolute atomic E-state index is 0.124. The first kappa shape index (κ1) is 13.2. The lowest BCUT2D eigenvalue weighted by Gasteiger charge is -2.02. The normalized spacial score (nSPS) is 13.0. The number of aromatic amines is 1. The molecule has 0 aliphatic carbocycles. The third-order valence-corrected chi connectivity index (χ3v) is 4.31. The fraction of sp³-hybridized carbons (Fsp3) is 0.111. The molecule has 0 atom stereocenters. The summed E-state index contributed by atoms with van der Waals surface area (Å²) in [4.78, 5) is 17.1. The van der Waals surface area contributed by atoms with E-state index in [9.17, 15) is 4.79 Å². The molecule has 0 fully saturated rings. The molecule has 0 spiro atoms. The lowest BCUT2D eigenvalue weighted by Crippen LogP contribution is -2.14. The molecule has 6 nitrogen and oxygen atoms in total. The maximum absolute atomic E-state index is 12.7. The van der Waals surface area contributed by atoms with Crippen molar-refractivity contribution in [1.82, 2.24) is 14.8 Å². The highest BCUT2D eigenvalue weighted by Gasteiger charge is 2.18. The van der Waals surface area contributed by atoms with Crippen LogP contribution in [0, 0.1) is 6.92 Å². The average molecular weight is 319 g/mol. The summed E-state index contributed by atoms with van der Waals surface area (Å²) >= 11 is 0. The number of nitrogens with zero attached hydrogens (tertiary/aromatic N) is 2. The second-order valence-electron chi connectivity index (χ2n) is 5.86. The molecule has 4 aromatic rings. The number of hydrogen-bond acceptors (Lipinski definition) is 4. The van der Waals surface area contributed by atoms with Crippen LogP contribution in [0.4, 0.5) is 0 Å². The molecule has 0 saturated heterocycles. The summed E-state index contributed by atoms with van der Waals surface area (Å²) in [5, 5.41) is 4.58. The Balaban J connectivity index is 1.82. The zero-order valence-electron chi connectivity index (χ0n) is 12.9. The SMILES string of the molecule is Cc1ccc(-n2[nH]c3c(cnc4cc5c(cc43)OCO5)c2=O)cc1. The summed E-state index contributed by atoms with van der Waals surface area (Å²) in [5.41, 5.74) is 3.30. The highest BCUT2D eigenvalue weighted by Crippen LogP contribution is 2.37.